The number of hydrogen-bond donors (Lipinski definition) is 1. The summed E-state index contributed by atoms with van der Waals surface area (Å²) >= 11 is 1.32. The van der Waals surface area contributed by atoms with E-state index in [0.717, 1.165) is 39.5 Å². The lowest BCUT2D eigenvalue weighted by molar-refractivity contribution is -0.118. The maximum atomic E-state index is 12.7. The number of amides is 1. The van der Waals surface area contributed by atoms with E-state index in [1.807, 2.05) is 84.3 Å². The fraction of sp³-hybridized carbons (Fsp3) is 0.0968. The Kier molecular flexibility index (Phi) is 7.75. The number of carbonyl (C=O) groups is 1. The van der Waals surface area contributed by atoms with Gasteiger partial charge in [0.15, 0.2) is 11.0 Å². The zero-order valence-corrected chi connectivity index (χ0v) is 22.0. The van der Waals surface area contributed by atoms with Gasteiger partial charge in [0.1, 0.15) is 0 Å². The van der Waals surface area contributed by atoms with Crippen LogP contribution in [0, 0.1) is 6.92 Å². The van der Waals surface area contributed by atoms with Crippen LogP contribution in [0.15, 0.2) is 119 Å². The summed E-state index contributed by atoms with van der Waals surface area (Å²) in [6.07, 6.45) is 0. The summed E-state index contributed by atoms with van der Waals surface area (Å²) in [7, 11) is 0. The van der Waals surface area contributed by atoms with E-state index in [0.29, 0.717) is 5.16 Å². The Hall–Kier alpha value is -4.49. The van der Waals surface area contributed by atoms with Crippen molar-refractivity contribution in [2.45, 2.75) is 19.0 Å². The smallest absolute Gasteiger partial charge is 0.250 e. The van der Waals surface area contributed by atoms with Crippen molar-refractivity contribution in [2.75, 3.05) is 5.75 Å². The van der Waals surface area contributed by atoms with Crippen molar-refractivity contribution in [1.29, 1.82) is 0 Å². The lowest BCUT2D eigenvalue weighted by Gasteiger charge is -2.10. The molecule has 0 unspecified atom stereocenters. The number of para-hydroxylation sites is 1. The SMILES string of the molecule is C/C(=N/NC(=O)CSc1nnc(-c2ccc(C)cc2)n1-c1ccccc1)c1ccc(-c2ccccc2)cc1. The standard InChI is InChI=1S/C31H27N5OS/c1-22-13-15-27(16-14-22)30-34-35-31(36(30)28-11-7-4-8-12-28)38-21-29(37)33-32-23(2)24-17-19-26(20-18-24)25-9-5-3-6-10-25/h3-20H,21H2,1-2H3,(H,33,37)/b32-23-. The number of aromatic nitrogens is 3. The third-order valence-corrected chi connectivity index (χ3v) is 6.98. The molecule has 4 aromatic carbocycles. The molecule has 0 aliphatic carbocycles. The van der Waals surface area contributed by atoms with E-state index < -0.39 is 0 Å². The van der Waals surface area contributed by atoms with E-state index >= 15 is 0 Å². The minimum Gasteiger partial charge on any atom is -0.272 e. The van der Waals surface area contributed by atoms with E-state index in [2.05, 4.69) is 64.0 Å². The molecule has 1 aromatic heterocycles. The number of nitrogens with one attached hydrogen (secondary N) is 1. The molecule has 7 heteroatoms. The third-order valence-electron chi connectivity index (χ3n) is 6.05. The van der Waals surface area contributed by atoms with Gasteiger partial charge >= 0.3 is 0 Å². The Labute approximate surface area is 226 Å². The normalized spacial score (nSPS) is 11.4. The molecule has 0 aliphatic heterocycles. The number of hydrazone groups is 1. The quantitative estimate of drug-likeness (QED) is 0.144. The molecule has 188 valence electrons. The summed E-state index contributed by atoms with van der Waals surface area (Å²) in [4.78, 5) is 12.7. The van der Waals surface area contributed by atoms with Gasteiger partial charge in [-0.3, -0.25) is 9.36 Å². The van der Waals surface area contributed by atoms with Crippen molar-refractivity contribution < 1.29 is 4.79 Å². The van der Waals surface area contributed by atoms with Crippen molar-refractivity contribution >= 4 is 23.4 Å². The van der Waals surface area contributed by atoms with Crippen LogP contribution in [0.1, 0.15) is 18.1 Å². The number of nitrogens with zero attached hydrogens (tertiary/aromatic N) is 4. The lowest BCUT2D eigenvalue weighted by Crippen LogP contribution is -2.21. The molecule has 0 atom stereocenters. The van der Waals surface area contributed by atoms with E-state index in [4.69, 9.17) is 0 Å². The fourth-order valence-corrected chi connectivity index (χ4v) is 4.71. The van der Waals surface area contributed by atoms with E-state index in [9.17, 15) is 4.79 Å². The Bertz CT molecular complexity index is 1540. The molecule has 1 heterocycles. The van der Waals surface area contributed by atoms with Crippen molar-refractivity contribution in [3.63, 3.8) is 0 Å². The summed E-state index contributed by atoms with van der Waals surface area (Å²) in [5, 5.41) is 13.8. The van der Waals surface area contributed by atoms with Gasteiger partial charge in [-0.05, 0) is 42.7 Å². The van der Waals surface area contributed by atoms with Gasteiger partial charge in [0.25, 0.3) is 5.91 Å². The summed E-state index contributed by atoms with van der Waals surface area (Å²) in [6, 6.07) is 36.4. The Morgan fingerprint density at radius 2 is 1.39 bits per heavy atom. The van der Waals surface area contributed by atoms with Gasteiger partial charge in [-0.25, -0.2) is 5.43 Å². The lowest BCUT2D eigenvalue weighted by atomic mass is 10.0. The van der Waals surface area contributed by atoms with Crippen LogP contribution in [0.4, 0.5) is 0 Å². The molecule has 0 fully saturated rings. The van der Waals surface area contributed by atoms with Crippen LogP contribution >= 0.6 is 11.8 Å². The van der Waals surface area contributed by atoms with Crippen LogP contribution in [0.25, 0.3) is 28.2 Å². The van der Waals surface area contributed by atoms with Crippen LogP contribution < -0.4 is 5.43 Å². The van der Waals surface area contributed by atoms with E-state index in [1.165, 1.54) is 17.3 Å². The van der Waals surface area contributed by atoms with Crippen molar-refractivity contribution in [3.05, 3.63) is 120 Å². The second kappa shape index (κ2) is 11.7. The molecule has 0 radical (unpaired) electrons. The molecule has 0 saturated carbocycles. The highest BCUT2D eigenvalue weighted by Crippen LogP contribution is 2.28. The molecule has 5 aromatic rings. The number of carbonyl (C=O) groups excluding carboxylic acids is 1. The minimum absolute atomic E-state index is 0.155. The monoisotopic (exact) mass is 517 g/mol. The second-order valence-corrected chi connectivity index (χ2v) is 9.75. The van der Waals surface area contributed by atoms with Gasteiger partial charge in [0.05, 0.1) is 11.5 Å². The van der Waals surface area contributed by atoms with Crippen molar-refractivity contribution in [1.82, 2.24) is 20.2 Å². The summed E-state index contributed by atoms with van der Waals surface area (Å²) in [5.41, 5.74) is 9.72. The molecule has 6 nitrogen and oxygen atoms in total. The molecule has 1 amide bonds. The molecule has 1 N–H and O–H groups in total. The molecular formula is C31H27N5OS. The summed E-state index contributed by atoms with van der Waals surface area (Å²) in [6.45, 7) is 3.93. The van der Waals surface area contributed by atoms with Crippen LogP contribution in [-0.4, -0.2) is 32.1 Å². The van der Waals surface area contributed by atoms with Gasteiger partial charge in [-0.2, -0.15) is 5.10 Å². The fourth-order valence-electron chi connectivity index (χ4n) is 3.97. The number of hydrogen-bond acceptors (Lipinski definition) is 5. The highest BCUT2D eigenvalue weighted by atomic mass is 32.2. The maximum absolute atomic E-state index is 12.7. The first-order valence-electron chi connectivity index (χ1n) is 12.3. The first-order valence-corrected chi connectivity index (χ1v) is 13.3. The molecule has 0 aliphatic rings. The summed E-state index contributed by atoms with van der Waals surface area (Å²) < 4.78 is 1.98. The highest BCUT2D eigenvalue weighted by Gasteiger charge is 2.17. The van der Waals surface area contributed by atoms with Crippen LogP contribution in [0.2, 0.25) is 0 Å². The first-order chi connectivity index (χ1) is 18.6. The second-order valence-electron chi connectivity index (χ2n) is 8.81. The topological polar surface area (TPSA) is 72.2 Å². The van der Waals surface area contributed by atoms with Gasteiger partial charge < -0.3 is 0 Å². The average molecular weight is 518 g/mol. The Balaban J connectivity index is 1.27. The summed E-state index contributed by atoms with van der Waals surface area (Å²) in [5.74, 6) is 0.671. The van der Waals surface area contributed by atoms with E-state index in [1.54, 1.807) is 0 Å². The highest BCUT2D eigenvalue weighted by molar-refractivity contribution is 7.99. The zero-order valence-electron chi connectivity index (χ0n) is 21.2. The first kappa shape index (κ1) is 25.2. The van der Waals surface area contributed by atoms with E-state index in [-0.39, 0.29) is 11.7 Å². The number of benzene rings is 4. The van der Waals surface area contributed by atoms with Gasteiger partial charge in [0.2, 0.25) is 0 Å². The van der Waals surface area contributed by atoms with Crippen LogP contribution in [0.5, 0.6) is 0 Å². The van der Waals surface area contributed by atoms with Crippen molar-refractivity contribution in [2.24, 2.45) is 5.10 Å². The van der Waals surface area contributed by atoms with Gasteiger partial charge in [-0.15, -0.1) is 10.2 Å². The van der Waals surface area contributed by atoms with Gasteiger partial charge in [0, 0.05) is 11.3 Å². The number of thioether (sulfide) groups is 1. The largest absolute Gasteiger partial charge is 0.272 e. The minimum atomic E-state index is -0.213. The molecule has 38 heavy (non-hydrogen) atoms. The molecule has 5 rings (SSSR count). The number of rotatable bonds is 8. The molecular weight excluding hydrogens is 490 g/mol. The van der Waals surface area contributed by atoms with Crippen LogP contribution in [-0.2, 0) is 4.79 Å². The maximum Gasteiger partial charge on any atom is 0.250 e. The third kappa shape index (κ3) is 5.90. The molecule has 0 saturated heterocycles. The Morgan fingerprint density at radius 3 is 2.08 bits per heavy atom. The predicted octanol–water partition coefficient (Wildman–Crippen LogP) is 6.54. The zero-order chi connectivity index (χ0) is 26.3. The predicted molar refractivity (Wildman–Crippen MR) is 154 cm³/mol. The van der Waals surface area contributed by atoms with Crippen LogP contribution in [0.3, 0.4) is 0 Å². The average Bonchev–Trinajstić information content (AvgIpc) is 3.40. The Morgan fingerprint density at radius 1 is 0.789 bits per heavy atom. The van der Waals surface area contributed by atoms with Crippen molar-refractivity contribution in [3.8, 4) is 28.2 Å². The molecule has 0 bridgehead atoms. The molecule has 0 spiro atoms. The van der Waals surface area contributed by atoms with Gasteiger partial charge in [-0.1, -0.05) is 114 Å². The number of aryl methyl sites for hydroxylation is 1.